The molecule has 1 atom stereocenters. The smallest absolute Gasteiger partial charge is 0.237 e. The molecule has 0 aromatic heterocycles. The van der Waals surface area contributed by atoms with Gasteiger partial charge in [0.2, 0.25) is 5.91 Å². The minimum atomic E-state index is -2.99. The number of carbonyl (C=O) groups is 1. The first-order chi connectivity index (χ1) is 10.8. The predicted octanol–water partition coefficient (Wildman–Crippen LogP) is 1.81. The molecule has 1 amide bonds. The summed E-state index contributed by atoms with van der Waals surface area (Å²) in [7, 11) is -1.10. The van der Waals surface area contributed by atoms with Crippen LogP contribution in [0.2, 0.25) is 5.02 Å². The van der Waals surface area contributed by atoms with Gasteiger partial charge in [0.05, 0.1) is 18.1 Å². The number of sulfone groups is 1. The third-order valence-electron chi connectivity index (χ3n) is 4.08. The van der Waals surface area contributed by atoms with Crippen LogP contribution in [0.15, 0.2) is 24.3 Å². The Morgan fingerprint density at radius 3 is 2.48 bits per heavy atom. The van der Waals surface area contributed by atoms with Crippen molar-refractivity contribution >= 4 is 27.3 Å². The predicted molar refractivity (Wildman–Crippen MR) is 92.2 cm³/mol. The highest BCUT2D eigenvalue weighted by Gasteiger charge is 2.33. The van der Waals surface area contributed by atoms with E-state index < -0.39 is 9.84 Å². The summed E-state index contributed by atoms with van der Waals surface area (Å²) >= 11 is 5.87. The summed E-state index contributed by atoms with van der Waals surface area (Å²) in [6.07, 6.45) is 0.544. The number of hydrogen-bond donors (Lipinski definition) is 0. The summed E-state index contributed by atoms with van der Waals surface area (Å²) in [5.74, 6) is 0.251. The van der Waals surface area contributed by atoms with Gasteiger partial charge in [0.1, 0.15) is 0 Å². The van der Waals surface area contributed by atoms with Crippen LogP contribution in [0.3, 0.4) is 0 Å². The van der Waals surface area contributed by atoms with E-state index in [2.05, 4.69) is 0 Å². The van der Waals surface area contributed by atoms with Crippen LogP contribution in [-0.4, -0.2) is 61.8 Å². The molecule has 0 saturated carbocycles. The fraction of sp³-hybridized carbons (Fsp3) is 0.562. The Labute approximate surface area is 143 Å². The molecular weight excluding hydrogens is 336 g/mol. The molecule has 0 N–H and O–H groups in total. The molecule has 7 heteroatoms. The monoisotopic (exact) mass is 358 g/mol. The first-order valence-corrected chi connectivity index (χ1v) is 9.93. The molecule has 0 spiro atoms. The van der Waals surface area contributed by atoms with E-state index in [4.69, 9.17) is 11.6 Å². The van der Waals surface area contributed by atoms with E-state index >= 15 is 0 Å². The van der Waals surface area contributed by atoms with Crippen molar-refractivity contribution in [2.75, 3.05) is 31.6 Å². The molecule has 1 aromatic carbocycles. The molecule has 2 rings (SSSR count). The largest absolute Gasteiger partial charge is 0.338 e. The number of hydrogen-bond acceptors (Lipinski definition) is 4. The summed E-state index contributed by atoms with van der Waals surface area (Å²) in [6.45, 7) is 3.34. The molecule has 1 aliphatic rings. The van der Waals surface area contributed by atoms with Crippen LogP contribution >= 0.6 is 11.6 Å². The molecule has 0 radical (unpaired) electrons. The van der Waals surface area contributed by atoms with Gasteiger partial charge in [0, 0.05) is 24.2 Å². The van der Waals surface area contributed by atoms with Gasteiger partial charge < -0.3 is 4.90 Å². The highest BCUT2D eigenvalue weighted by atomic mass is 35.5. The minimum Gasteiger partial charge on any atom is -0.338 e. The standard InChI is InChI=1S/C16H23ClN2O3S/c1-3-19(15-8-9-23(21,22)12-15)16(20)11-18(2)10-13-4-6-14(17)7-5-13/h4-7,15H,3,8-12H2,1-2H3. The Morgan fingerprint density at radius 1 is 1.30 bits per heavy atom. The van der Waals surface area contributed by atoms with Crippen LogP contribution in [0.5, 0.6) is 0 Å². The van der Waals surface area contributed by atoms with Crippen molar-refractivity contribution in [3.63, 3.8) is 0 Å². The summed E-state index contributed by atoms with van der Waals surface area (Å²) in [6, 6.07) is 7.35. The Balaban J connectivity index is 1.92. The molecule has 128 valence electrons. The number of rotatable bonds is 6. The van der Waals surface area contributed by atoms with Crippen LogP contribution < -0.4 is 0 Å². The van der Waals surface area contributed by atoms with Gasteiger partial charge in [-0.25, -0.2) is 8.42 Å². The normalized spacial score (nSPS) is 19.9. The number of likely N-dealkylation sites (N-methyl/N-ethyl adjacent to an activating group) is 2. The number of halogens is 1. The average Bonchev–Trinajstić information content (AvgIpc) is 2.82. The zero-order chi connectivity index (χ0) is 17.0. The Kier molecular flexibility index (Phi) is 6.06. The summed E-state index contributed by atoms with van der Waals surface area (Å²) in [5.41, 5.74) is 1.08. The molecule has 1 heterocycles. The number of benzene rings is 1. The average molecular weight is 359 g/mol. The van der Waals surface area contributed by atoms with Gasteiger partial charge in [-0.05, 0) is 38.1 Å². The lowest BCUT2D eigenvalue weighted by Crippen LogP contribution is -2.45. The number of carbonyl (C=O) groups excluding carboxylic acids is 1. The molecule has 1 fully saturated rings. The summed E-state index contributed by atoms with van der Waals surface area (Å²) < 4.78 is 23.2. The Hall–Kier alpha value is -1.11. The maximum atomic E-state index is 12.5. The maximum Gasteiger partial charge on any atom is 0.237 e. The Bertz CT molecular complexity index is 646. The topological polar surface area (TPSA) is 57.7 Å². The second-order valence-corrected chi connectivity index (χ2v) is 8.70. The van der Waals surface area contributed by atoms with Gasteiger partial charge in [0.15, 0.2) is 9.84 Å². The van der Waals surface area contributed by atoms with Gasteiger partial charge >= 0.3 is 0 Å². The zero-order valence-electron chi connectivity index (χ0n) is 13.5. The summed E-state index contributed by atoms with van der Waals surface area (Å²) in [4.78, 5) is 16.1. The van der Waals surface area contributed by atoms with Crippen molar-refractivity contribution in [1.29, 1.82) is 0 Å². The van der Waals surface area contributed by atoms with Crippen LogP contribution in [0.1, 0.15) is 18.9 Å². The maximum absolute atomic E-state index is 12.5. The van der Waals surface area contributed by atoms with Crippen molar-refractivity contribution in [2.24, 2.45) is 0 Å². The van der Waals surface area contributed by atoms with Crippen molar-refractivity contribution in [2.45, 2.75) is 25.9 Å². The second kappa shape index (κ2) is 7.64. The van der Waals surface area contributed by atoms with Crippen molar-refractivity contribution in [1.82, 2.24) is 9.80 Å². The second-order valence-electron chi connectivity index (χ2n) is 6.04. The van der Waals surface area contributed by atoms with E-state index in [1.54, 1.807) is 4.90 Å². The van der Waals surface area contributed by atoms with E-state index in [1.807, 2.05) is 43.1 Å². The van der Waals surface area contributed by atoms with Crippen molar-refractivity contribution in [3.05, 3.63) is 34.9 Å². The lowest BCUT2D eigenvalue weighted by Gasteiger charge is -2.29. The van der Waals surface area contributed by atoms with Crippen molar-refractivity contribution < 1.29 is 13.2 Å². The lowest BCUT2D eigenvalue weighted by molar-refractivity contribution is -0.133. The molecule has 0 aliphatic carbocycles. The van der Waals surface area contributed by atoms with Crippen molar-refractivity contribution in [3.8, 4) is 0 Å². The molecule has 23 heavy (non-hydrogen) atoms. The minimum absolute atomic E-state index is 0.0222. The van der Waals surface area contributed by atoms with E-state index in [0.29, 0.717) is 24.5 Å². The quantitative estimate of drug-likeness (QED) is 0.778. The molecule has 1 saturated heterocycles. The first kappa shape index (κ1) is 18.2. The number of nitrogens with zero attached hydrogens (tertiary/aromatic N) is 2. The van der Waals surface area contributed by atoms with Gasteiger partial charge in [-0.1, -0.05) is 23.7 Å². The molecule has 1 aromatic rings. The summed E-state index contributed by atoms with van der Waals surface area (Å²) in [5, 5.41) is 0.687. The van der Waals surface area contributed by atoms with Gasteiger partial charge in [0.25, 0.3) is 0 Å². The van der Waals surface area contributed by atoms with Crippen LogP contribution in [0, 0.1) is 0 Å². The van der Waals surface area contributed by atoms with E-state index in [1.165, 1.54) is 0 Å². The highest BCUT2D eigenvalue weighted by molar-refractivity contribution is 7.91. The van der Waals surface area contributed by atoms with E-state index in [9.17, 15) is 13.2 Å². The molecular formula is C16H23ClN2O3S. The van der Waals surface area contributed by atoms with Crippen LogP contribution in [0.4, 0.5) is 0 Å². The van der Waals surface area contributed by atoms with Gasteiger partial charge in [-0.2, -0.15) is 0 Å². The van der Waals surface area contributed by atoms with E-state index in [0.717, 1.165) is 5.56 Å². The van der Waals surface area contributed by atoms with Gasteiger partial charge in [-0.3, -0.25) is 9.69 Å². The first-order valence-electron chi connectivity index (χ1n) is 7.73. The highest BCUT2D eigenvalue weighted by Crippen LogP contribution is 2.18. The fourth-order valence-corrected chi connectivity index (χ4v) is 4.80. The van der Waals surface area contributed by atoms with Crippen LogP contribution in [-0.2, 0) is 21.2 Å². The molecule has 1 aliphatic heterocycles. The third kappa shape index (κ3) is 5.19. The van der Waals surface area contributed by atoms with Crippen LogP contribution in [0.25, 0.3) is 0 Å². The SMILES string of the molecule is CCN(C(=O)CN(C)Cc1ccc(Cl)cc1)C1CCS(=O)(=O)C1. The molecule has 0 bridgehead atoms. The van der Waals surface area contributed by atoms with E-state index in [-0.39, 0.29) is 30.0 Å². The number of amides is 1. The molecule has 5 nitrogen and oxygen atoms in total. The Morgan fingerprint density at radius 2 is 1.96 bits per heavy atom. The lowest BCUT2D eigenvalue weighted by atomic mass is 10.2. The van der Waals surface area contributed by atoms with Gasteiger partial charge in [-0.15, -0.1) is 0 Å². The third-order valence-corrected chi connectivity index (χ3v) is 6.08. The zero-order valence-corrected chi connectivity index (χ0v) is 15.1. The fourth-order valence-electron chi connectivity index (χ4n) is 2.94. The molecule has 1 unspecified atom stereocenters.